The Labute approximate surface area is 104 Å². The van der Waals surface area contributed by atoms with Gasteiger partial charge in [-0.25, -0.2) is 0 Å². The third kappa shape index (κ3) is 3.51. The first-order valence-corrected chi connectivity index (χ1v) is 6.47. The van der Waals surface area contributed by atoms with Crippen molar-refractivity contribution in [3.63, 3.8) is 0 Å². The van der Waals surface area contributed by atoms with E-state index in [0.29, 0.717) is 5.15 Å². The zero-order valence-corrected chi connectivity index (χ0v) is 10.2. The normalized spacial score (nSPS) is 10.3. The molecule has 0 atom stereocenters. The van der Waals surface area contributed by atoms with E-state index in [1.165, 1.54) is 5.56 Å². The number of rotatable bonds is 4. The number of hydrogen-bond donors (Lipinski definition) is 0. The molecule has 82 valence electrons. The summed E-state index contributed by atoms with van der Waals surface area (Å²) in [6, 6.07) is 14.1. The second-order valence-corrected chi connectivity index (χ2v) is 4.70. The van der Waals surface area contributed by atoms with E-state index < -0.39 is 0 Å². The molecule has 0 N–H and O–H groups in total. The Morgan fingerprint density at radius 2 is 1.75 bits per heavy atom. The van der Waals surface area contributed by atoms with Crippen LogP contribution in [-0.4, -0.2) is 10.2 Å². The van der Waals surface area contributed by atoms with Crippen LogP contribution in [0.15, 0.2) is 42.5 Å². The first-order chi connectivity index (χ1) is 7.84. The van der Waals surface area contributed by atoms with E-state index >= 15 is 0 Å². The molecule has 1 heterocycles. The van der Waals surface area contributed by atoms with Gasteiger partial charge in [-0.3, -0.25) is 0 Å². The highest BCUT2D eigenvalue weighted by atomic mass is 35.5. The van der Waals surface area contributed by atoms with Gasteiger partial charge in [-0.15, -0.1) is 5.10 Å². The van der Waals surface area contributed by atoms with Gasteiger partial charge in [-0.2, -0.15) is 16.9 Å². The fraction of sp³-hybridized carbons (Fsp3) is 0.167. The second-order valence-electron chi connectivity index (χ2n) is 3.33. The molecule has 16 heavy (non-hydrogen) atoms. The van der Waals surface area contributed by atoms with Crippen molar-refractivity contribution in [1.29, 1.82) is 0 Å². The maximum atomic E-state index is 5.66. The van der Waals surface area contributed by atoms with E-state index in [1.54, 1.807) is 6.07 Å². The highest BCUT2D eigenvalue weighted by molar-refractivity contribution is 7.97. The number of aromatic nitrogens is 2. The van der Waals surface area contributed by atoms with Gasteiger partial charge < -0.3 is 0 Å². The van der Waals surface area contributed by atoms with Gasteiger partial charge in [-0.1, -0.05) is 41.9 Å². The van der Waals surface area contributed by atoms with Gasteiger partial charge in [0.1, 0.15) is 0 Å². The molecule has 1 aromatic heterocycles. The Kier molecular flexibility index (Phi) is 4.19. The van der Waals surface area contributed by atoms with Gasteiger partial charge in [0.2, 0.25) is 0 Å². The monoisotopic (exact) mass is 250 g/mol. The van der Waals surface area contributed by atoms with E-state index in [2.05, 4.69) is 34.5 Å². The molecular weight excluding hydrogens is 240 g/mol. The lowest BCUT2D eigenvalue weighted by Gasteiger charge is -2.01. The van der Waals surface area contributed by atoms with Crippen molar-refractivity contribution >= 4 is 23.4 Å². The first kappa shape index (κ1) is 11.4. The standard InChI is InChI=1S/C12H11ClN2S/c13-12-7-6-11(14-15-12)9-16-8-10-4-2-1-3-5-10/h1-7H,8-9H2. The molecule has 4 heteroatoms. The van der Waals surface area contributed by atoms with Crippen LogP contribution in [0.5, 0.6) is 0 Å². The predicted octanol–water partition coefficient (Wildman–Crippen LogP) is 3.56. The van der Waals surface area contributed by atoms with E-state index in [9.17, 15) is 0 Å². The molecule has 0 saturated heterocycles. The molecule has 0 spiro atoms. The molecule has 1 aromatic carbocycles. The Hall–Kier alpha value is -1.06. The zero-order valence-electron chi connectivity index (χ0n) is 8.64. The molecule has 0 aliphatic carbocycles. The maximum Gasteiger partial charge on any atom is 0.151 e. The van der Waals surface area contributed by atoms with E-state index in [0.717, 1.165) is 17.2 Å². The van der Waals surface area contributed by atoms with Crippen molar-refractivity contribution in [2.24, 2.45) is 0 Å². The van der Waals surface area contributed by atoms with Crippen molar-refractivity contribution in [3.05, 3.63) is 58.9 Å². The lowest BCUT2D eigenvalue weighted by atomic mass is 10.2. The van der Waals surface area contributed by atoms with Crippen LogP contribution in [0.1, 0.15) is 11.3 Å². The molecule has 0 saturated carbocycles. The van der Waals surface area contributed by atoms with E-state index in [4.69, 9.17) is 11.6 Å². The Morgan fingerprint density at radius 3 is 2.44 bits per heavy atom. The lowest BCUT2D eigenvalue weighted by molar-refractivity contribution is 0.971. The largest absolute Gasteiger partial charge is 0.153 e. The minimum atomic E-state index is 0.441. The van der Waals surface area contributed by atoms with Gasteiger partial charge in [0, 0.05) is 11.5 Å². The minimum absolute atomic E-state index is 0.441. The average Bonchev–Trinajstić information content (AvgIpc) is 2.33. The van der Waals surface area contributed by atoms with Gasteiger partial charge in [-0.05, 0) is 17.7 Å². The summed E-state index contributed by atoms with van der Waals surface area (Å²) < 4.78 is 0. The summed E-state index contributed by atoms with van der Waals surface area (Å²) in [5, 5.41) is 8.26. The van der Waals surface area contributed by atoms with Crippen molar-refractivity contribution in [3.8, 4) is 0 Å². The third-order valence-electron chi connectivity index (χ3n) is 2.05. The summed E-state index contributed by atoms with van der Waals surface area (Å²) in [6.45, 7) is 0. The molecule has 0 radical (unpaired) electrons. The molecule has 0 amide bonds. The van der Waals surface area contributed by atoms with Crippen LogP contribution in [0.3, 0.4) is 0 Å². The molecule has 0 aliphatic rings. The quantitative estimate of drug-likeness (QED) is 0.830. The molecule has 0 unspecified atom stereocenters. The SMILES string of the molecule is Clc1ccc(CSCc2ccccc2)nn1. The summed E-state index contributed by atoms with van der Waals surface area (Å²) in [5.41, 5.74) is 2.29. The summed E-state index contributed by atoms with van der Waals surface area (Å²) in [5.74, 6) is 1.85. The molecule has 0 bridgehead atoms. The molecule has 0 aliphatic heterocycles. The fourth-order valence-corrected chi connectivity index (χ4v) is 2.26. The van der Waals surface area contributed by atoms with Gasteiger partial charge >= 0.3 is 0 Å². The van der Waals surface area contributed by atoms with Crippen LogP contribution < -0.4 is 0 Å². The van der Waals surface area contributed by atoms with E-state index in [-0.39, 0.29) is 0 Å². The summed E-state index contributed by atoms with van der Waals surface area (Å²) in [6.07, 6.45) is 0. The van der Waals surface area contributed by atoms with Crippen LogP contribution in [0.25, 0.3) is 0 Å². The number of nitrogens with zero attached hydrogens (tertiary/aromatic N) is 2. The number of hydrogen-bond acceptors (Lipinski definition) is 3. The minimum Gasteiger partial charge on any atom is -0.153 e. The smallest absolute Gasteiger partial charge is 0.151 e. The fourth-order valence-electron chi connectivity index (χ4n) is 1.27. The van der Waals surface area contributed by atoms with Crippen molar-refractivity contribution < 1.29 is 0 Å². The topological polar surface area (TPSA) is 25.8 Å². The van der Waals surface area contributed by atoms with Crippen molar-refractivity contribution in [1.82, 2.24) is 10.2 Å². The second kappa shape index (κ2) is 5.87. The number of thioether (sulfide) groups is 1. The highest BCUT2D eigenvalue weighted by Crippen LogP contribution is 2.16. The lowest BCUT2D eigenvalue weighted by Crippen LogP contribution is -1.90. The Balaban J connectivity index is 1.82. The molecule has 0 fully saturated rings. The number of halogens is 1. The first-order valence-electron chi connectivity index (χ1n) is 4.94. The van der Waals surface area contributed by atoms with Crippen molar-refractivity contribution in [2.45, 2.75) is 11.5 Å². The Bertz CT molecular complexity index is 431. The third-order valence-corrected chi connectivity index (χ3v) is 3.29. The van der Waals surface area contributed by atoms with Crippen LogP contribution >= 0.6 is 23.4 Å². The summed E-state index contributed by atoms with van der Waals surface area (Å²) in [4.78, 5) is 0. The van der Waals surface area contributed by atoms with Crippen LogP contribution in [-0.2, 0) is 11.5 Å². The molecule has 2 nitrogen and oxygen atoms in total. The molecule has 2 aromatic rings. The molecular formula is C12H11ClN2S. The van der Waals surface area contributed by atoms with Gasteiger partial charge in [0.05, 0.1) is 5.69 Å². The molecule has 2 rings (SSSR count). The summed E-state index contributed by atoms with van der Waals surface area (Å²) >= 11 is 7.48. The van der Waals surface area contributed by atoms with Crippen LogP contribution in [0.4, 0.5) is 0 Å². The zero-order chi connectivity index (χ0) is 11.2. The Morgan fingerprint density at radius 1 is 0.938 bits per heavy atom. The van der Waals surface area contributed by atoms with Gasteiger partial charge in [0.15, 0.2) is 5.15 Å². The van der Waals surface area contributed by atoms with Gasteiger partial charge in [0.25, 0.3) is 0 Å². The average molecular weight is 251 g/mol. The van der Waals surface area contributed by atoms with E-state index in [1.807, 2.05) is 23.9 Å². The predicted molar refractivity (Wildman–Crippen MR) is 68.5 cm³/mol. The highest BCUT2D eigenvalue weighted by Gasteiger charge is 1.97. The van der Waals surface area contributed by atoms with Crippen molar-refractivity contribution in [2.75, 3.05) is 0 Å². The summed E-state index contributed by atoms with van der Waals surface area (Å²) in [7, 11) is 0. The van der Waals surface area contributed by atoms with Crippen LogP contribution in [0.2, 0.25) is 5.15 Å². The number of benzene rings is 1. The maximum absolute atomic E-state index is 5.66. The van der Waals surface area contributed by atoms with Crippen LogP contribution in [0, 0.1) is 0 Å².